The van der Waals surface area contributed by atoms with Crippen molar-refractivity contribution in [2.75, 3.05) is 6.73 Å². The van der Waals surface area contributed by atoms with Crippen molar-refractivity contribution in [3.8, 4) is 0 Å². The molecule has 0 atom stereocenters. The molecule has 2 amide bonds. The number of ether oxygens (including phenoxy) is 1. The zero-order valence-electron chi connectivity index (χ0n) is 13.7. The number of hydrogen-bond acceptors (Lipinski definition) is 6. The average molecular weight is 366 g/mol. The molecule has 2 aromatic carbocycles. The van der Waals surface area contributed by atoms with Crippen LogP contribution in [0.1, 0.15) is 32.1 Å². The Balaban J connectivity index is 1.33. The van der Waals surface area contributed by atoms with Gasteiger partial charge in [-0.25, -0.2) is 9.88 Å². The Bertz CT molecular complexity index is 959. The quantitative estimate of drug-likeness (QED) is 0.512. The Labute approximate surface area is 153 Å². The lowest BCUT2D eigenvalue weighted by Crippen LogP contribution is -2.33. The molecule has 0 saturated carbocycles. The summed E-state index contributed by atoms with van der Waals surface area (Å²) >= 11 is 1.54. The first-order valence-corrected chi connectivity index (χ1v) is 8.90. The Morgan fingerprint density at radius 3 is 2.35 bits per heavy atom. The van der Waals surface area contributed by atoms with E-state index in [0.29, 0.717) is 17.5 Å². The standard InChI is InChI=1S/C19H14N2O4S/c22-17(10-9-16-20-14-7-3-4-8-15(14)26-16)25-11-21-18(23)12-5-1-2-6-13(12)19(21)24/h1-8H,9-11H2. The lowest BCUT2D eigenvalue weighted by molar-refractivity contribution is -0.146. The van der Waals surface area contributed by atoms with E-state index in [1.807, 2.05) is 24.3 Å². The second-order valence-electron chi connectivity index (χ2n) is 5.80. The summed E-state index contributed by atoms with van der Waals surface area (Å²) in [5.41, 5.74) is 1.58. The van der Waals surface area contributed by atoms with Gasteiger partial charge in [-0.2, -0.15) is 0 Å². The van der Waals surface area contributed by atoms with E-state index in [1.165, 1.54) is 11.3 Å². The van der Waals surface area contributed by atoms with Crippen LogP contribution in [0, 0.1) is 0 Å². The molecular weight excluding hydrogens is 352 g/mol. The van der Waals surface area contributed by atoms with E-state index in [4.69, 9.17) is 4.74 Å². The van der Waals surface area contributed by atoms with Crippen molar-refractivity contribution in [2.45, 2.75) is 12.8 Å². The van der Waals surface area contributed by atoms with Crippen LogP contribution in [0.4, 0.5) is 0 Å². The van der Waals surface area contributed by atoms with Gasteiger partial charge < -0.3 is 4.74 Å². The molecule has 130 valence electrons. The molecule has 0 aliphatic carbocycles. The highest BCUT2D eigenvalue weighted by molar-refractivity contribution is 7.18. The summed E-state index contributed by atoms with van der Waals surface area (Å²) in [6.45, 7) is -0.370. The van der Waals surface area contributed by atoms with Crippen molar-refractivity contribution in [3.05, 3.63) is 64.7 Å². The third-order valence-electron chi connectivity index (χ3n) is 4.11. The van der Waals surface area contributed by atoms with Gasteiger partial charge in [0.25, 0.3) is 11.8 Å². The molecule has 4 rings (SSSR count). The number of benzene rings is 2. The number of carbonyl (C=O) groups excluding carboxylic acids is 3. The summed E-state index contributed by atoms with van der Waals surface area (Å²) < 4.78 is 6.19. The number of fused-ring (bicyclic) bond motifs is 2. The van der Waals surface area contributed by atoms with Crippen molar-refractivity contribution < 1.29 is 19.1 Å². The minimum absolute atomic E-state index is 0.142. The molecule has 6 nitrogen and oxygen atoms in total. The van der Waals surface area contributed by atoms with Crippen molar-refractivity contribution >= 4 is 39.3 Å². The van der Waals surface area contributed by atoms with Crippen LogP contribution >= 0.6 is 11.3 Å². The van der Waals surface area contributed by atoms with Gasteiger partial charge in [0.05, 0.1) is 32.8 Å². The smallest absolute Gasteiger partial charge is 0.307 e. The van der Waals surface area contributed by atoms with Crippen LogP contribution in [0.25, 0.3) is 10.2 Å². The Morgan fingerprint density at radius 1 is 1.00 bits per heavy atom. The molecule has 3 aromatic rings. The first kappa shape index (κ1) is 16.4. The minimum Gasteiger partial charge on any atom is -0.444 e. The highest BCUT2D eigenvalue weighted by Crippen LogP contribution is 2.23. The molecule has 0 saturated heterocycles. The van der Waals surface area contributed by atoms with Crippen LogP contribution in [0.2, 0.25) is 0 Å². The van der Waals surface area contributed by atoms with Crippen molar-refractivity contribution in [2.24, 2.45) is 0 Å². The number of carbonyl (C=O) groups is 3. The molecule has 1 aliphatic rings. The number of aryl methyl sites for hydroxylation is 1. The fourth-order valence-electron chi connectivity index (χ4n) is 2.80. The molecule has 0 radical (unpaired) electrons. The van der Waals surface area contributed by atoms with E-state index >= 15 is 0 Å². The molecule has 0 bridgehead atoms. The summed E-state index contributed by atoms with van der Waals surface area (Å²) in [5, 5.41) is 0.851. The third-order valence-corrected chi connectivity index (χ3v) is 5.21. The van der Waals surface area contributed by atoms with Gasteiger partial charge in [0.1, 0.15) is 0 Å². The Morgan fingerprint density at radius 2 is 1.65 bits per heavy atom. The number of imide groups is 1. The third kappa shape index (κ3) is 2.97. The molecule has 0 fully saturated rings. The minimum atomic E-state index is -0.471. The van der Waals surface area contributed by atoms with Gasteiger partial charge >= 0.3 is 5.97 Å². The van der Waals surface area contributed by atoms with Crippen LogP contribution in [-0.2, 0) is 16.0 Å². The van der Waals surface area contributed by atoms with E-state index in [0.717, 1.165) is 20.1 Å². The topological polar surface area (TPSA) is 76.6 Å². The van der Waals surface area contributed by atoms with Crippen LogP contribution < -0.4 is 0 Å². The predicted octanol–water partition coefficient (Wildman–Crippen LogP) is 3.03. The highest BCUT2D eigenvalue weighted by atomic mass is 32.1. The zero-order valence-corrected chi connectivity index (χ0v) is 14.5. The summed E-state index contributed by atoms with van der Waals surface area (Å²) in [6, 6.07) is 14.3. The van der Waals surface area contributed by atoms with Gasteiger partial charge in [0.15, 0.2) is 6.73 Å². The Hall–Kier alpha value is -3.06. The number of nitrogens with zero attached hydrogens (tertiary/aromatic N) is 2. The number of thiazole rings is 1. The molecule has 2 heterocycles. The van der Waals surface area contributed by atoms with Crippen LogP contribution in [0.15, 0.2) is 48.5 Å². The maximum atomic E-state index is 12.2. The van der Waals surface area contributed by atoms with E-state index in [-0.39, 0.29) is 13.2 Å². The van der Waals surface area contributed by atoms with E-state index in [2.05, 4.69) is 4.98 Å². The Kier molecular flexibility index (Phi) is 4.22. The normalized spacial score (nSPS) is 13.3. The maximum Gasteiger partial charge on any atom is 0.307 e. The SMILES string of the molecule is O=C(CCc1nc2ccccc2s1)OCN1C(=O)c2ccccc2C1=O. The second kappa shape index (κ2) is 6.68. The van der Waals surface area contributed by atoms with Gasteiger partial charge in [-0.1, -0.05) is 24.3 Å². The molecule has 0 spiro atoms. The monoisotopic (exact) mass is 366 g/mol. The number of esters is 1. The van der Waals surface area contributed by atoms with Gasteiger partial charge in [0, 0.05) is 6.42 Å². The molecular formula is C19H14N2O4S. The first-order chi connectivity index (χ1) is 12.6. The molecule has 7 heteroatoms. The summed E-state index contributed by atoms with van der Waals surface area (Å²) in [6.07, 6.45) is 0.600. The molecule has 26 heavy (non-hydrogen) atoms. The van der Waals surface area contributed by atoms with Gasteiger partial charge in [0.2, 0.25) is 0 Å². The average Bonchev–Trinajstić information content (AvgIpc) is 3.18. The van der Waals surface area contributed by atoms with Crippen molar-refractivity contribution in [1.82, 2.24) is 9.88 Å². The second-order valence-corrected chi connectivity index (χ2v) is 6.92. The molecule has 1 aromatic heterocycles. The van der Waals surface area contributed by atoms with Crippen LogP contribution in [0.5, 0.6) is 0 Å². The number of aromatic nitrogens is 1. The van der Waals surface area contributed by atoms with Crippen molar-refractivity contribution in [1.29, 1.82) is 0 Å². The molecule has 0 unspecified atom stereocenters. The first-order valence-electron chi connectivity index (χ1n) is 8.09. The van der Waals surface area contributed by atoms with Gasteiger partial charge in [-0.05, 0) is 24.3 Å². The fourth-order valence-corrected chi connectivity index (χ4v) is 3.77. The summed E-state index contributed by atoms with van der Waals surface area (Å²) in [4.78, 5) is 41.8. The summed E-state index contributed by atoms with van der Waals surface area (Å²) in [5.74, 6) is -1.35. The fraction of sp³-hybridized carbons (Fsp3) is 0.158. The number of hydrogen-bond donors (Lipinski definition) is 0. The zero-order chi connectivity index (χ0) is 18.1. The number of amides is 2. The van der Waals surface area contributed by atoms with Crippen LogP contribution in [-0.4, -0.2) is 34.4 Å². The molecule has 1 aliphatic heterocycles. The summed E-state index contributed by atoms with van der Waals surface area (Å²) in [7, 11) is 0. The number of para-hydroxylation sites is 1. The van der Waals surface area contributed by atoms with Gasteiger partial charge in [-0.15, -0.1) is 11.3 Å². The largest absolute Gasteiger partial charge is 0.444 e. The van der Waals surface area contributed by atoms with E-state index < -0.39 is 17.8 Å². The lowest BCUT2D eigenvalue weighted by Gasteiger charge is -2.13. The van der Waals surface area contributed by atoms with Gasteiger partial charge in [-0.3, -0.25) is 14.4 Å². The van der Waals surface area contributed by atoms with E-state index in [9.17, 15) is 14.4 Å². The lowest BCUT2D eigenvalue weighted by atomic mass is 10.1. The molecule has 0 N–H and O–H groups in total. The maximum absolute atomic E-state index is 12.2. The predicted molar refractivity (Wildman–Crippen MR) is 95.8 cm³/mol. The van der Waals surface area contributed by atoms with E-state index in [1.54, 1.807) is 24.3 Å². The van der Waals surface area contributed by atoms with Crippen molar-refractivity contribution in [3.63, 3.8) is 0 Å². The number of rotatable bonds is 5. The van der Waals surface area contributed by atoms with Crippen LogP contribution in [0.3, 0.4) is 0 Å². The highest BCUT2D eigenvalue weighted by Gasteiger charge is 2.35.